The van der Waals surface area contributed by atoms with Gasteiger partial charge in [0.1, 0.15) is 11.5 Å². The van der Waals surface area contributed by atoms with Crippen LogP contribution in [0, 0.1) is 5.92 Å². The first-order valence-electron chi connectivity index (χ1n) is 9.24. The molecular formula is C22H27FO3. The van der Waals surface area contributed by atoms with E-state index >= 15 is 0 Å². The molecule has 2 rings (SSSR count). The first kappa shape index (κ1) is 20.0. The van der Waals surface area contributed by atoms with E-state index in [1.165, 1.54) is 0 Å². The Balaban J connectivity index is 1.97. The van der Waals surface area contributed by atoms with Crippen molar-refractivity contribution in [3.05, 3.63) is 48.5 Å². The number of unbranched alkanes of at least 4 members (excludes halogenated alkanes) is 1. The molecule has 3 nitrogen and oxygen atoms in total. The molecule has 0 fully saturated rings. The molecule has 0 aliphatic rings. The molecule has 0 saturated heterocycles. The van der Waals surface area contributed by atoms with Gasteiger partial charge < -0.3 is 9.47 Å². The van der Waals surface area contributed by atoms with Crippen molar-refractivity contribution in [2.75, 3.05) is 6.61 Å². The SMILES string of the molecule is CCCCOc1ccc(-c2ccc(OC(=O)C(F)C(C)CC)cc2)cc1. The van der Waals surface area contributed by atoms with E-state index in [1.807, 2.05) is 43.3 Å². The van der Waals surface area contributed by atoms with Crippen LogP contribution in [0.4, 0.5) is 4.39 Å². The van der Waals surface area contributed by atoms with Crippen molar-refractivity contribution in [1.29, 1.82) is 0 Å². The molecule has 0 radical (unpaired) electrons. The molecular weight excluding hydrogens is 331 g/mol. The number of alkyl halides is 1. The van der Waals surface area contributed by atoms with Gasteiger partial charge >= 0.3 is 5.97 Å². The fourth-order valence-electron chi connectivity index (χ4n) is 2.41. The lowest BCUT2D eigenvalue weighted by molar-refractivity contribution is -0.141. The lowest BCUT2D eigenvalue weighted by Crippen LogP contribution is -2.27. The summed E-state index contributed by atoms with van der Waals surface area (Å²) in [5.74, 6) is 0.0246. The Morgan fingerprint density at radius 3 is 2.00 bits per heavy atom. The summed E-state index contributed by atoms with van der Waals surface area (Å²) < 4.78 is 24.7. The zero-order valence-corrected chi connectivity index (χ0v) is 15.7. The average molecular weight is 358 g/mol. The highest BCUT2D eigenvalue weighted by atomic mass is 19.1. The van der Waals surface area contributed by atoms with Crippen LogP contribution >= 0.6 is 0 Å². The summed E-state index contributed by atoms with van der Waals surface area (Å²) in [7, 11) is 0. The van der Waals surface area contributed by atoms with E-state index in [-0.39, 0.29) is 5.92 Å². The number of carbonyl (C=O) groups is 1. The van der Waals surface area contributed by atoms with Crippen molar-refractivity contribution in [1.82, 2.24) is 0 Å². The van der Waals surface area contributed by atoms with E-state index in [0.29, 0.717) is 12.2 Å². The summed E-state index contributed by atoms with van der Waals surface area (Å²) >= 11 is 0. The number of esters is 1. The molecule has 2 unspecified atom stereocenters. The van der Waals surface area contributed by atoms with Crippen LogP contribution in [0.25, 0.3) is 11.1 Å². The zero-order chi connectivity index (χ0) is 18.9. The summed E-state index contributed by atoms with van der Waals surface area (Å²) in [6.07, 6.45) is 1.14. The molecule has 0 aliphatic carbocycles. The van der Waals surface area contributed by atoms with Gasteiger partial charge in [0.15, 0.2) is 6.17 Å². The fourth-order valence-corrected chi connectivity index (χ4v) is 2.41. The lowest BCUT2D eigenvalue weighted by Gasteiger charge is -2.13. The van der Waals surface area contributed by atoms with Gasteiger partial charge in [-0.25, -0.2) is 9.18 Å². The van der Waals surface area contributed by atoms with Crippen molar-refractivity contribution in [3.63, 3.8) is 0 Å². The molecule has 26 heavy (non-hydrogen) atoms. The maximum Gasteiger partial charge on any atom is 0.346 e. The second kappa shape index (κ2) is 9.95. The minimum Gasteiger partial charge on any atom is -0.494 e. The van der Waals surface area contributed by atoms with Crippen molar-refractivity contribution in [3.8, 4) is 22.6 Å². The molecule has 140 valence electrons. The number of carbonyl (C=O) groups excluding carboxylic acids is 1. The predicted molar refractivity (Wildman–Crippen MR) is 102 cm³/mol. The molecule has 0 spiro atoms. The highest BCUT2D eigenvalue weighted by molar-refractivity contribution is 5.77. The van der Waals surface area contributed by atoms with Gasteiger partial charge in [0, 0.05) is 0 Å². The summed E-state index contributed by atoms with van der Waals surface area (Å²) in [5.41, 5.74) is 2.03. The molecule has 0 amide bonds. The van der Waals surface area contributed by atoms with Gasteiger partial charge in [-0.15, -0.1) is 0 Å². The van der Waals surface area contributed by atoms with Crippen LogP contribution in [-0.4, -0.2) is 18.7 Å². The summed E-state index contributed by atoms with van der Waals surface area (Å²) in [5, 5.41) is 0. The Bertz CT molecular complexity index is 680. The number of ether oxygens (including phenoxy) is 2. The lowest BCUT2D eigenvalue weighted by atomic mass is 10.0. The third-order valence-electron chi connectivity index (χ3n) is 4.40. The summed E-state index contributed by atoms with van der Waals surface area (Å²) in [6.45, 7) is 6.40. The highest BCUT2D eigenvalue weighted by Crippen LogP contribution is 2.25. The molecule has 0 N–H and O–H groups in total. The Morgan fingerprint density at radius 2 is 1.50 bits per heavy atom. The summed E-state index contributed by atoms with van der Waals surface area (Å²) in [4.78, 5) is 11.8. The average Bonchev–Trinajstić information content (AvgIpc) is 2.68. The van der Waals surface area contributed by atoms with Crippen molar-refractivity contribution >= 4 is 5.97 Å². The molecule has 0 saturated carbocycles. The third-order valence-corrected chi connectivity index (χ3v) is 4.40. The fraction of sp³-hybridized carbons (Fsp3) is 0.409. The molecule has 4 heteroatoms. The van der Waals surface area contributed by atoms with Crippen LogP contribution in [0.1, 0.15) is 40.0 Å². The Morgan fingerprint density at radius 1 is 0.962 bits per heavy atom. The minimum atomic E-state index is -1.60. The van der Waals surface area contributed by atoms with E-state index in [0.717, 1.165) is 36.3 Å². The van der Waals surface area contributed by atoms with E-state index in [1.54, 1.807) is 19.1 Å². The van der Waals surface area contributed by atoms with E-state index in [2.05, 4.69) is 6.92 Å². The molecule has 0 bridgehead atoms. The van der Waals surface area contributed by atoms with Crippen LogP contribution in [0.2, 0.25) is 0 Å². The number of halogens is 1. The van der Waals surface area contributed by atoms with Gasteiger partial charge in [0.05, 0.1) is 6.61 Å². The number of hydrogen-bond donors (Lipinski definition) is 0. The van der Waals surface area contributed by atoms with Gasteiger partial charge in [0.25, 0.3) is 0 Å². The largest absolute Gasteiger partial charge is 0.494 e. The van der Waals surface area contributed by atoms with Crippen LogP contribution < -0.4 is 9.47 Å². The Hall–Kier alpha value is -2.36. The summed E-state index contributed by atoms with van der Waals surface area (Å²) in [6, 6.07) is 14.9. The van der Waals surface area contributed by atoms with Crippen LogP contribution in [-0.2, 0) is 4.79 Å². The Kier molecular flexibility index (Phi) is 7.64. The first-order valence-corrected chi connectivity index (χ1v) is 9.24. The maximum absolute atomic E-state index is 13.9. The van der Waals surface area contributed by atoms with Crippen molar-refractivity contribution < 1.29 is 18.7 Å². The smallest absolute Gasteiger partial charge is 0.346 e. The number of rotatable bonds is 9. The van der Waals surface area contributed by atoms with E-state index < -0.39 is 12.1 Å². The number of benzene rings is 2. The maximum atomic E-state index is 13.9. The van der Waals surface area contributed by atoms with Crippen molar-refractivity contribution in [2.24, 2.45) is 5.92 Å². The van der Waals surface area contributed by atoms with Crippen molar-refractivity contribution in [2.45, 2.75) is 46.2 Å². The molecule has 0 aliphatic heterocycles. The van der Waals surface area contributed by atoms with Gasteiger partial charge in [-0.2, -0.15) is 0 Å². The monoisotopic (exact) mass is 358 g/mol. The van der Waals surface area contributed by atoms with E-state index in [9.17, 15) is 9.18 Å². The minimum absolute atomic E-state index is 0.347. The predicted octanol–water partition coefficient (Wildman–Crippen LogP) is 5.82. The number of hydrogen-bond acceptors (Lipinski definition) is 3. The molecule has 2 aromatic carbocycles. The molecule has 0 heterocycles. The molecule has 0 aromatic heterocycles. The molecule has 2 aromatic rings. The second-order valence-electron chi connectivity index (χ2n) is 6.46. The van der Waals surface area contributed by atoms with Crippen LogP contribution in [0.5, 0.6) is 11.5 Å². The van der Waals surface area contributed by atoms with Gasteiger partial charge in [-0.05, 0) is 47.7 Å². The van der Waals surface area contributed by atoms with Gasteiger partial charge in [-0.1, -0.05) is 57.9 Å². The zero-order valence-electron chi connectivity index (χ0n) is 15.7. The van der Waals surface area contributed by atoms with Gasteiger partial charge in [-0.3, -0.25) is 0 Å². The van der Waals surface area contributed by atoms with E-state index in [4.69, 9.17) is 9.47 Å². The van der Waals surface area contributed by atoms with Crippen LogP contribution in [0.3, 0.4) is 0 Å². The normalized spacial score (nSPS) is 13.1. The topological polar surface area (TPSA) is 35.5 Å². The van der Waals surface area contributed by atoms with Gasteiger partial charge in [0.2, 0.25) is 0 Å². The quantitative estimate of drug-likeness (QED) is 0.322. The Labute approximate surface area is 155 Å². The highest BCUT2D eigenvalue weighted by Gasteiger charge is 2.25. The first-order chi connectivity index (χ1) is 12.5. The molecule has 2 atom stereocenters. The van der Waals surface area contributed by atoms with Crippen LogP contribution in [0.15, 0.2) is 48.5 Å². The standard InChI is InChI=1S/C22H27FO3/c1-4-6-15-25-19-11-7-17(8-12-19)18-9-13-20(14-10-18)26-22(24)21(23)16(3)5-2/h7-14,16,21H,4-6,15H2,1-3H3. The second-order valence-corrected chi connectivity index (χ2v) is 6.46. The third kappa shape index (κ3) is 5.58.